The Labute approximate surface area is 153 Å². The molecule has 7 nitrogen and oxygen atoms in total. The van der Waals surface area contributed by atoms with Gasteiger partial charge in [0.05, 0.1) is 11.9 Å². The molecule has 3 rings (SSSR count). The van der Waals surface area contributed by atoms with E-state index in [2.05, 4.69) is 31.7 Å². The lowest BCUT2D eigenvalue weighted by molar-refractivity contribution is -0.122. The molecule has 1 heterocycles. The Morgan fingerprint density at radius 3 is 2.96 bits per heavy atom. The highest BCUT2D eigenvalue weighted by molar-refractivity contribution is 9.10. The lowest BCUT2D eigenvalue weighted by Crippen LogP contribution is -2.30. The van der Waals surface area contributed by atoms with Crippen LogP contribution in [-0.2, 0) is 16.1 Å². The van der Waals surface area contributed by atoms with E-state index in [4.69, 9.17) is 4.74 Å². The van der Waals surface area contributed by atoms with Crippen LogP contribution < -0.4 is 15.4 Å². The first kappa shape index (κ1) is 17.5. The fourth-order valence-corrected chi connectivity index (χ4v) is 2.58. The van der Waals surface area contributed by atoms with Crippen molar-refractivity contribution in [2.24, 2.45) is 0 Å². The normalized spacial score (nSPS) is 14.6. The Morgan fingerprint density at radius 1 is 1.44 bits per heavy atom. The largest absolute Gasteiger partial charge is 0.481 e. The Hall–Kier alpha value is -2.35. The summed E-state index contributed by atoms with van der Waals surface area (Å²) < 4.78 is 7.99. The van der Waals surface area contributed by atoms with Crippen LogP contribution in [0.25, 0.3) is 0 Å². The Morgan fingerprint density at radius 2 is 2.24 bits per heavy atom. The zero-order valence-corrected chi connectivity index (χ0v) is 15.3. The van der Waals surface area contributed by atoms with E-state index in [1.807, 2.05) is 12.1 Å². The van der Waals surface area contributed by atoms with Gasteiger partial charge in [0.25, 0.3) is 5.91 Å². The Balaban J connectivity index is 1.50. The summed E-state index contributed by atoms with van der Waals surface area (Å²) in [6.45, 7) is 1.81. The molecular formula is C17H19BrN4O3. The first-order chi connectivity index (χ1) is 12.0. The maximum absolute atomic E-state index is 12.2. The smallest absolute Gasteiger partial charge is 0.265 e. The highest BCUT2D eigenvalue weighted by atomic mass is 79.9. The molecule has 25 heavy (non-hydrogen) atoms. The molecule has 0 radical (unpaired) electrons. The third-order valence-corrected chi connectivity index (χ3v) is 4.12. The van der Waals surface area contributed by atoms with Gasteiger partial charge in [0.2, 0.25) is 5.91 Å². The minimum absolute atomic E-state index is 0.0742. The number of halogens is 1. The molecule has 0 saturated heterocycles. The highest BCUT2D eigenvalue weighted by Crippen LogP contribution is 2.20. The summed E-state index contributed by atoms with van der Waals surface area (Å²) in [7, 11) is 0. The molecule has 1 unspecified atom stereocenters. The van der Waals surface area contributed by atoms with Gasteiger partial charge in [-0.25, -0.2) is 0 Å². The first-order valence-electron chi connectivity index (χ1n) is 8.04. The lowest BCUT2D eigenvalue weighted by Gasteiger charge is -2.14. The molecule has 0 spiro atoms. The number of carbonyl (C=O) groups excluding carboxylic acids is 2. The van der Waals surface area contributed by atoms with Crippen molar-refractivity contribution in [2.75, 3.05) is 5.32 Å². The number of rotatable bonds is 7. The van der Waals surface area contributed by atoms with Gasteiger partial charge in [-0.05, 0) is 38.0 Å². The van der Waals surface area contributed by atoms with Crippen LogP contribution in [0.3, 0.4) is 0 Å². The van der Waals surface area contributed by atoms with Gasteiger partial charge in [-0.3, -0.25) is 14.3 Å². The van der Waals surface area contributed by atoms with Crippen molar-refractivity contribution in [1.82, 2.24) is 15.1 Å². The predicted octanol–water partition coefficient (Wildman–Crippen LogP) is 2.33. The van der Waals surface area contributed by atoms with Crippen molar-refractivity contribution in [2.45, 2.75) is 38.5 Å². The van der Waals surface area contributed by atoms with Crippen LogP contribution >= 0.6 is 15.9 Å². The summed E-state index contributed by atoms with van der Waals surface area (Å²) >= 11 is 3.36. The second-order valence-electron chi connectivity index (χ2n) is 5.98. The molecule has 2 amide bonds. The van der Waals surface area contributed by atoms with Crippen LogP contribution in [0.15, 0.2) is 41.1 Å². The van der Waals surface area contributed by atoms with Gasteiger partial charge in [0, 0.05) is 16.7 Å². The Kier molecular flexibility index (Phi) is 5.37. The topological polar surface area (TPSA) is 85.2 Å². The van der Waals surface area contributed by atoms with Gasteiger partial charge >= 0.3 is 0 Å². The van der Waals surface area contributed by atoms with Gasteiger partial charge in [-0.2, -0.15) is 5.10 Å². The molecule has 8 heteroatoms. The lowest BCUT2D eigenvalue weighted by atomic mass is 10.3. The Bertz CT molecular complexity index is 773. The first-order valence-corrected chi connectivity index (χ1v) is 8.84. The minimum Gasteiger partial charge on any atom is -0.481 e. The quantitative estimate of drug-likeness (QED) is 0.738. The molecule has 1 fully saturated rings. The van der Waals surface area contributed by atoms with E-state index in [1.165, 1.54) is 10.9 Å². The van der Waals surface area contributed by atoms with E-state index in [9.17, 15) is 9.59 Å². The number of carbonyl (C=O) groups is 2. The van der Waals surface area contributed by atoms with Crippen molar-refractivity contribution in [3.05, 3.63) is 41.1 Å². The molecule has 1 aliphatic rings. The van der Waals surface area contributed by atoms with E-state index in [-0.39, 0.29) is 18.4 Å². The van der Waals surface area contributed by atoms with Gasteiger partial charge < -0.3 is 15.4 Å². The molecule has 2 aromatic rings. The molecule has 1 atom stereocenters. The van der Waals surface area contributed by atoms with E-state index in [0.29, 0.717) is 17.5 Å². The minimum atomic E-state index is -0.671. The highest BCUT2D eigenvalue weighted by Gasteiger charge is 2.23. The molecular weight excluding hydrogens is 388 g/mol. The third-order valence-electron chi connectivity index (χ3n) is 3.63. The molecule has 1 aliphatic carbocycles. The van der Waals surface area contributed by atoms with Crippen molar-refractivity contribution in [3.63, 3.8) is 0 Å². The van der Waals surface area contributed by atoms with Gasteiger partial charge in [0.1, 0.15) is 12.3 Å². The van der Waals surface area contributed by atoms with Crippen molar-refractivity contribution >= 4 is 33.4 Å². The predicted molar refractivity (Wildman–Crippen MR) is 96.3 cm³/mol. The van der Waals surface area contributed by atoms with Crippen LogP contribution in [0.1, 0.15) is 19.8 Å². The van der Waals surface area contributed by atoms with Crippen LogP contribution in [0, 0.1) is 0 Å². The number of hydrogen-bond donors (Lipinski definition) is 2. The van der Waals surface area contributed by atoms with E-state index in [1.54, 1.807) is 25.3 Å². The molecule has 1 saturated carbocycles. The van der Waals surface area contributed by atoms with Crippen LogP contribution in [0.5, 0.6) is 5.75 Å². The summed E-state index contributed by atoms with van der Waals surface area (Å²) in [5.74, 6) is 0.237. The molecule has 0 aliphatic heterocycles. The zero-order valence-electron chi connectivity index (χ0n) is 13.7. The van der Waals surface area contributed by atoms with Gasteiger partial charge in [-0.15, -0.1) is 0 Å². The molecule has 132 valence electrons. The molecule has 0 bridgehead atoms. The summed E-state index contributed by atoms with van der Waals surface area (Å²) in [6, 6.07) is 7.61. The number of aromatic nitrogens is 2. The standard InChI is InChI=1S/C17H19BrN4O3/c1-11(25-15-4-2-3-12(18)7-15)17(24)21-14-8-19-22(9-14)10-16(23)20-13-5-6-13/h2-4,7-9,11,13H,5-6,10H2,1H3,(H,20,23)(H,21,24). The number of anilines is 1. The van der Waals surface area contributed by atoms with E-state index >= 15 is 0 Å². The van der Waals surface area contributed by atoms with Crippen molar-refractivity contribution in [1.29, 1.82) is 0 Å². The van der Waals surface area contributed by atoms with Crippen molar-refractivity contribution in [3.8, 4) is 5.75 Å². The van der Waals surface area contributed by atoms with Crippen LogP contribution in [0.2, 0.25) is 0 Å². The number of hydrogen-bond acceptors (Lipinski definition) is 4. The molecule has 2 N–H and O–H groups in total. The second-order valence-corrected chi connectivity index (χ2v) is 6.89. The van der Waals surface area contributed by atoms with Gasteiger partial charge in [-0.1, -0.05) is 22.0 Å². The average Bonchev–Trinajstić information content (AvgIpc) is 3.25. The maximum Gasteiger partial charge on any atom is 0.265 e. The fourth-order valence-electron chi connectivity index (χ4n) is 2.20. The summed E-state index contributed by atoms with van der Waals surface area (Å²) in [6.07, 6.45) is 4.55. The summed E-state index contributed by atoms with van der Waals surface area (Å²) in [5, 5.41) is 9.71. The van der Waals surface area contributed by atoms with Crippen molar-refractivity contribution < 1.29 is 14.3 Å². The third kappa shape index (κ3) is 5.32. The molecule has 1 aromatic heterocycles. The number of nitrogens with one attached hydrogen (secondary N) is 2. The monoisotopic (exact) mass is 406 g/mol. The van der Waals surface area contributed by atoms with Crippen LogP contribution in [-0.4, -0.2) is 33.7 Å². The summed E-state index contributed by atoms with van der Waals surface area (Å²) in [5.41, 5.74) is 0.522. The summed E-state index contributed by atoms with van der Waals surface area (Å²) in [4.78, 5) is 24.0. The zero-order chi connectivity index (χ0) is 17.8. The fraction of sp³-hybridized carbons (Fsp3) is 0.353. The maximum atomic E-state index is 12.2. The van der Waals surface area contributed by atoms with E-state index in [0.717, 1.165) is 17.3 Å². The van der Waals surface area contributed by atoms with E-state index < -0.39 is 6.10 Å². The molecule has 1 aromatic carbocycles. The number of nitrogens with zero attached hydrogens (tertiary/aromatic N) is 2. The number of benzene rings is 1. The second kappa shape index (κ2) is 7.69. The van der Waals surface area contributed by atoms with Gasteiger partial charge in [0.15, 0.2) is 6.10 Å². The SMILES string of the molecule is CC(Oc1cccc(Br)c1)C(=O)Nc1cnn(CC(=O)NC2CC2)c1. The number of amides is 2. The van der Waals surface area contributed by atoms with Crippen LogP contribution in [0.4, 0.5) is 5.69 Å². The number of ether oxygens (including phenoxy) is 1. The average molecular weight is 407 g/mol.